The van der Waals surface area contributed by atoms with Crippen molar-refractivity contribution in [3.63, 3.8) is 0 Å². The molecule has 0 aliphatic rings. The maximum Gasteiger partial charge on any atom is 0.264 e. The minimum atomic E-state index is -3.90. The predicted molar refractivity (Wildman–Crippen MR) is 122 cm³/mol. The molecule has 0 atom stereocenters. The van der Waals surface area contributed by atoms with E-state index < -0.39 is 15.9 Å². The third-order valence-electron chi connectivity index (χ3n) is 4.66. The molecule has 0 fully saturated rings. The molecule has 0 aromatic heterocycles. The summed E-state index contributed by atoms with van der Waals surface area (Å²) in [7, 11) is -3.90. The van der Waals surface area contributed by atoms with Gasteiger partial charge in [-0.2, -0.15) is 0 Å². The molecule has 0 heterocycles. The van der Waals surface area contributed by atoms with E-state index in [-0.39, 0.29) is 11.4 Å². The SMILES string of the molecule is CCOc1ccc(CNC(=O)CN(c2ccc(C)cc2)S(=O)(=O)c2ccccc2)cc1. The van der Waals surface area contributed by atoms with Gasteiger partial charge in [0.1, 0.15) is 12.3 Å². The summed E-state index contributed by atoms with van der Waals surface area (Å²) in [6.45, 7) is 4.39. The summed E-state index contributed by atoms with van der Waals surface area (Å²) in [4.78, 5) is 12.8. The molecule has 162 valence electrons. The third kappa shape index (κ3) is 5.86. The molecule has 0 bridgehead atoms. The molecule has 7 heteroatoms. The number of sulfonamides is 1. The molecule has 31 heavy (non-hydrogen) atoms. The summed E-state index contributed by atoms with van der Waals surface area (Å²) in [6.07, 6.45) is 0. The van der Waals surface area contributed by atoms with E-state index in [1.54, 1.807) is 30.3 Å². The van der Waals surface area contributed by atoms with Gasteiger partial charge in [-0.25, -0.2) is 8.42 Å². The number of aryl methyl sites for hydroxylation is 1. The number of hydrogen-bond acceptors (Lipinski definition) is 4. The van der Waals surface area contributed by atoms with E-state index >= 15 is 0 Å². The van der Waals surface area contributed by atoms with Crippen LogP contribution in [0.1, 0.15) is 18.1 Å². The molecule has 0 radical (unpaired) electrons. The van der Waals surface area contributed by atoms with E-state index in [4.69, 9.17) is 4.74 Å². The van der Waals surface area contributed by atoms with Crippen LogP contribution < -0.4 is 14.4 Å². The largest absolute Gasteiger partial charge is 0.494 e. The number of hydrogen-bond donors (Lipinski definition) is 1. The molecule has 0 aliphatic carbocycles. The van der Waals surface area contributed by atoms with Gasteiger partial charge in [0, 0.05) is 6.54 Å². The minimum Gasteiger partial charge on any atom is -0.494 e. The van der Waals surface area contributed by atoms with Crippen LogP contribution in [0.25, 0.3) is 0 Å². The number of carbonyl (C=O) groups is 1. The topological polar surface area (TPSA) is 75.7 Å². The Morgan fingerprint density at radius 1 is 0.935 bits per heavy atom. The Balaban J connectivity index is 1.76. The Morgan fingerprint density at radius 3 is 2.19 bits per heavy atom. The quantitative estimate of drug-likeness (QED) is 0.550. The molecule has 0 saturated carbocycles. The highest BCUT2D eigenvalue weighted by Gasteiger charge is 2.26. The van der Waals surface area contributed by atoms with Crippen molar-refractivity contribution in [3.05, 3.63) is 90.0 Å². The lowest BCUT2D eigenvalue weighted by Crippen LogP contribution is -2.40. The highest BCUT2D eigenvalue weighted by Crippen LogP contribution is 2.24. The molecule has 0 spiro atoms. The van der Waals surface area contributed by atoms with E-state index in [9.17, 15) is 13.2 Å². The zero-order valence-corrected chi connectivity index (χ0v) is 18.4. The van der Waals surface area contributed by atoms with Crippen molar-refractivity contribution >= 4 is 21.6 Å². The van der Waals surface area contributed by atoms with Gasteiger partial charge < -0.3 is 10.1 Å². The molecular weight excluding hydrogens is 412 g/mol. The normalized spacial score (nSPS) is 11.0. The maximum atomic E-state index is 13.3. The van der Waals surface area contributed by atoms with Gasteiger partial charge >= 0.3 is 0 Å². The summed E-state index contributed by atoms with van der Waals surface area (Å²) in [5.41, 5.74) is 2.33. The van der Waals surface area contributed by atoms with Crippen LogP contribution in [0.15, 0.2) is 83.8 Å². The van der Waals surface area contributed by atoms with Crippen molar-refractivity contribution in [2.75, 3.05) is 17.5 Å². The molecule has 0 unspecified atom stereocenters. The molecule has 0 saturated heterocycles. The second-order valence-corrected chi connectivity index (χ2v) is 8.88. The Hall–Kier alpha value is -3.32. The zero-order chi connectivity index (χ0) is 22.3. The van der Waals surface area contributed by atoms with Crippen LogP contribution in [-0.4, -0.2) is 27.5 Å². The van der Waals surface area contributed by atoms with Crippen molar-refractivity contribution in [2.45, 2.75) is 25.3 Å². The number of amides is 1. The van der Waals surface area contributed by atoms with Crippen LogP contribution in [0.2, 0.25) is 0 Å². The van der Waals surface area contributed by atoms with Gasteiger partial charge in [-0.05, 0) is 55.8 Å². The Kier molecular flexibility index (Phi) is 7.31. The molecular formula is C24H26N2O4S. The number of nitrogens with zero attached hydrogens (tertiary/aromatic N) is 1. The van der Waals surface area contributed by atoms with Gasteiger partial charge in [0.2, 0.25) is 5.91 Å². The van der Waals surface area contributed by atoms with Gasteiger partial charge in [0.25, 0.3) is 10.0 Å². The minimum absolute atomic E-state index is 0.134. The van der Waals surface area contributed by atoms with Crippen molar-refractivity contribution in [1.82, 2.24) is 5.32 Å². The Labute approximate surface area is 183 Å². The fraction of sp³-hybridized carbons (Fsp3) is 0.208. The first-order chi connectivity index (χ1) is 14.9. The zero-order valence-electron chi connectivity index (χ0n) is 17.6. The number of carbonyl (C=O) groups excluding carboxylic acids is 1. The Bertz CT molecular complexity index is 1100. The first-order valence-corrected chi connectivity index (χ1v) is 11.5. The number of anilines is 1. The summed E-state index contributed by atoms with van der Waals surface area (Å²) >= 11 is 0. The second-order valence-electron chi connectivity index (χ2n) is 7.01. The standard InChI is InChI=1S/C24H26N2O4S/c1-3-30-22-15-11-20(12-16-22)17-25-24(27)18-26(21-13-9-19(2)10-14-21)31(28,29)23-7-5-4-6-8-23/h4-16H,3,17-18H2,1-2H3,(H,25,27). The molecule has 3 aromatic rings. The van der Waals surface area contributed by atoms with E-state index in [0.29, 0.717) is 18.8 Å². The fourth-order valence-electron chi connectivity index (χ4n) is 3.00. The summed E-state index contributed by atoms with van der Waals surface area (Å²) in [5.74, 6) is 0.367. The lowest BCUT2D eigenvalue weighted by Gasteiger charge is -2.24. The highest BCUT2D eigenvalue weighted by atomic mass is 32.2. The van der Waals surface area contributed by atoms with Crippen LogP contribution in [-0.2, 0) is 21.4 Å². The highest BCUT2D eigenvalue weighted by molar-refractivity contribution is 7.92. The van der Waals surface area contributed by atoms with Crippen LogP contribution in [0.5, 0.6) is 5.75 Å². The van der Waals surface area contributed by atoms with E-state index in [1.807, 2.05) is 50.2 Å². The summed E-state index contributed by atoms with van der Waals surface area (Å²) in [6, 6.07) is 22.6. The van der Waals surface area contributed by atoms with Gasteiger partial charge in [0.05, 0.1) is 17.2 Å². The van der Waals surface area contributed by atoms with Crippen molar-refractivity contribution in [3.8, 4) is 5.75 Å². The smallest absolute Gasteiger partial charge is 0.264 e. The fourth-order valence-corrected chi connectivity index (χ4v) is 4.44. The second kappa shape index (κ2) is 10.1. The molecule has 6 nitrogen and oxygen atoms in total. The summed E-state index contributed by atoms with van der Waals surface area (Å²) < 4.78 is 33.1. The van der Waals surface area contributed by atoms with E-state index in [2.05, 4.69) is 5.32 Å². The van der Waals surface area contributed by atoms with Gasteiger partial charge in [0.15, 0.2) is 0 Å². The van der Waals surface area contributed by atoms with Crippen LogP contribution in [0, 0.1) is 6.92 Å². The molecule has 0 aliphatic heterocycles. The Morgan fingerprint density at radius 2 is 1.58 bits per heavy atom. The average Bonchev–Trinajstić information content (AvgIpc) is 2.78. The maximum absolute atomic E-state index is 13.3. The predicted octanol–water partition coefficient (Wildman–Crippen LogP) is 3.91. The van der Waals surface area contributed by atoms with E-state index in [0.717, 1.165) is 21.2 Å². The molecule has 3 rings (SSSR count). The average molecular weight is 439 g/mol. The third-order valence-corrected chi connectivity index (χ3v) is 6.45. The van der Waals surface area contributed by atoms with Crippen molar-refractivity contribution in [2.24, 2.45) is 0 Å². The first kappa shape index (κ1) is 22.4. The van der Waals surface area contributed by atoms with Crippen molar-refractivity contribution in [1.29, 1.82) is 0 Å². The van der Waals surface area contributed by atoms with Crippen molar-refractivity contribution < 1.29 is 17.9 Å². The number of ether oxygens (including phenoxy) is 1. The van der Waals surface area contributed by atoms with Gasteiger partial charge in [-0.3, -0.25) is 9.10 Å². The van der Waals surface area contributed by atoms with Gasteiger partial charge in [-0.15, -0.1) is 0 Å². The number of rotatable bonds is 9. The molecule has 1 amide bonds. The van der Waals surface area contributed by atoms with Crippen LogP contribution in [0.3, 0.4) is 0 Å². The number of benzene rings is 3. The van der Waals surface area contributed by atoms with Gasteiger partial charge in [-0.1, -0.05) is 48.0 Å². The number of nitrogens with one attached hydrogen (secondary N) is 1. The van der Waals surface area contributed by atoms with Crippen LogP contribution in [0.4, 0.5) is 5.69 Å². The summed E-state index contributed by atoms with van der Waals surface area (Å²) in [5, 5.41) is 2.80. The lowest BCUT2D eigenvalue weighted by molar-refractivity contribution is -0.119. The molecule has 1 N–H and O–H groups in total. The lowest BCUT2D eigenvalue weighted by atomic mass is 10.2. The van der Waals surface area contributed by atoms with Crippen LogP contribution >= 0.6 is 0 Å². The van der Waals surface area contributed by atoms with E-state index in [1.165, 1.54) is 12.1 Å². The first-order valence-electron chi connectivity index (χ1n) is 10.0. The molecule has 3 aromatic carbocycles. The monoisotopic (exact) mass is 438 g/mol.